The van der Waals surface area contributed by atoms with Gasteiger partial charge in [-0.3, -0.25) is 4.79 Å². The molecule has 9 heteroatoms. The second kappa shape index (κ2) is 13.6. The molecule has 2 amide bonds. The minimum absolute atomic E-state index is 0.0397. The molecule has 2 aromatic carbocycles. The summed E-state index contributed by atoms with van der Waals surface area (Å²) in [5.74, 6) is -1.17. The van der Waals surface area contributed by atoms with Gasteiger partial charge in [-0.05, 0) is 67.2 Å². The Morgan fingerprint density at radius 3 is 1.80 bits per heavy atom. The third kappa shape index (κ3) is 8.09. The molecule has 0 spiro atoms. The summed E-state index contributed by atoms with van der Waals surface area (Å²) in [6.07, 6.45) is -1.05. The smallest absolute Gasteiger partial charge is 0.417 e. The first-order valence-electron chi connectivity index (χ1n) is 15.8. The van der Waals surface area contributed by atoms with E-state index in [9.17, 15) is 14.7 Å². The Hall–Kier alpha value is -2.31. The maximum atomic E-state index is 13.9. The normalized spacial score (nSPS) is 19.3. The van der Waals surface area contributed by atoms with Crippen LogP contribution >= 0.6 is 0 Å². The maximum absolute atomic E-state index is 13.9. The van der Waals surface area contributed by atoms with Gasteiger partial charge in [-0.2, -0.15) is 0 Å². The molecule has 244 valence electrons. The van der Waals surface area contributed by atoms with Crippen LogP contribution in [0.3, 0.4) is 0 Å². The van der Waals surface area contributed by atoms with Gasteiger partial charge < -0.3 is 18.7 Å². The number of ether oxygens (including phenoxy) is 1. The summed E-state index contributed by atoms with van der Waals surface area (Å²) in [6, 6.07) is 20.0. The number of nitrogens with zero attached hydrogens (tertiary/aromatic N) is 1. The van der Waals surface area contributed by atoms with Crippen molar-refractivity contribution in [2.24, 2.45) is 5.92 Å². The molecule has 44 heavy (non-hydrogen) atoms. The maximum Gasteiger partial charge on any atom is 0.417 e. The Labute approximate surface area is 267 Å². The molecule has 2 unspecified atom stereocenters. The van der Waals surface area contributed by atoms with Gasteiger partial charge in [0, 0.05) is 6.61 Å². The summed E-state index contributed by atoms with van der Waals surface area (Å²) < 4.78 is 19.1. The van der Waals surface area contributed by atoms with E-state index in [1.165, 1.54) is 4.90 Å². The lowest BCUT2D eigenvalue weighted by atomic mass is 9.96. The standard InChI is InChI=1S/C35H55NO6Si2/c1-33(2,3)42-32(39)36-26(24-29(31(36)38)30(37)22-23-40-43(10,11)34(4,5)6)25-41-44(35(7,8)9,27-18-14-12-15-19-27)28-20-16-13-17-21-28/h12-21,26,29-30,37H,22-25H2,1-11H3/t26-,29?,30?/m0/s1. The first-order valence-corrected chi connectivity index (χ1v) is 20.7. The summed E-state index contributed by atoms with van der Waals surface area (Å²) in [5, 5.41) is 13.3. The lowest BCUT2D eigenvalue weighted by Gasteiger charge is -2.44. The molecule has 0 aromatic heterocycles. The van der Waals surface area contributed by atoms with Crippen molar-refractivity contribution in [2.45, 2.75) is 116 Å². The van der Waals surface area contributed by atoms with E-state index in [4.69, 9.17) is 13.6 Å². The van der Waals surface area contributed by atoms with Crippen LogP contribution in [0.4, 0.5) is 4.79 Å². The Morgan fingerprint density at radius 2 is 1.36 bits per heavy atom. The number of likely N-dealkylation sites (tertiary alicyclic amines) is 1. The minimum Gasteiger partial charge on any atom is -0.443 e. The van der Waals surface area contributed by atoms with Crippen LogP contribution in [0.1, 0.15) is 75.2 Å². The molecule has 0 aliphatic carbocycles. The predicted molar refractivity (Wildman–Crippen MR) is 182 cm³/mol. The van der Waals surface area contributed by atoms with Crippen LogP contribution in [0.2, 0.25) is 23.2 Å². The molecule has 3 atom stereocenters. The molecule has 1 fully saturated rings. The summed E-state index contributed by atoms with van der Waals surface area (Å²) in [5.41, 5.74) is -0.783. The van der Waals surface area contributed by atoms with Crippen LogP contribution in [0.15, 0.2) is 60.7 Å². The number of amides is 2. The van der Waals surface area contributed by atoms with E-state index >= 15 is 0 Å². The van der Waals surface area contributed by atoms with E-state index in [-0.39, 0.29) is 23.1 Å². The number of rotatable bonds is 10. The number of benzene rings is 2. The van der Waals surface area contributed by atoms with Crippen molar-refractivity contribution >= 4 is 39.0 Å². The van der Waals surface area contributed by atoms with E-state index in [0.29, 0.717) is 13.0 Å². The molecule has 0 radical (unpaired) electrons. The molecule has 0 bridgehead atoms. The van der Waals surface area contributed by atoms with Crippen molar-refractivity contribution < 1.29 is 28.3 Å². The molecule has 3 rings (SSSR count). The lowest BCUT2D eigenvalue weighted by molar-refractivity contribution is -0.134. The van der Waals surface area contributed by atoms with Crippen LogP contribution < -0.4 is 10.4 Å². The average Bonchev–Trinajstić information content (AvgIpc) is 3.24. The number of aliphatic hydroxyl groups excluding tert-OH is 1. The van der Waals surface area contributed by atoms with Gasteiger partial charge in [-0.1, -0.05) is 102 Å². The molecule has 1 N–H and O–H groups in total. The van der Waals surface area contributed by atoms with Crippen LogP contribution in [0.5, 0.6) is 0 Å². The monoisotopic (exact) mass is 641 g/mol. The third-order valence-electron chi connectivity index (χ3n) is 9.09. The highest BCUT2D eigenvalue weighted by Crippen LogP contribution is 2.39. The second-order valence-corrected chi connectivity index (χ2v) is 24.7. The van der Waals surface area contributed by atoms with Gasteiger partial charge in [0.15, 0.2) is 8.32 Å². The van der Waals surface area contributed by atoms with Gasteiger partial charge in [-0.15, -0.1) is 0 Å². The number of carbonyl (C=O) groups is 2. The first kappa shape index (κ1) is 36.2. The molecule has 1 aliphatic rings. The first-order chi connectivity index (χ1) is 20.2. The average molecular weight is 642 g/mol. The van der Waals surface area contributed by atoms with E-state index in [0.717, 1.165) is 10.4 Å². The number of carbonyl (C=O) groups excluding carboxylic acids is 2. The number of imide groups is 1. The Kier molecular flexibility index (Phi) is 11.2. The quantitative estimate of drug-likeness (QED) is 0.299. The minimum atomic E-state index is -2.93. The van der Waals surface area contributed by atoms with Gasteiger partial charge in [0.2, 0.25) is 5.91 Å². The zero-order valence-corrected chi connectivity index (χ0v) is 30.8. The lowest BCUT2D eigenvalue weighted by Crippen LogP contribution is -2.67. The molecule has 2 aromatic rings. The summed E-state index contributed by atoms with van der Waals surface area (Å²) in [6.45, 7) is 23.3. The van der Waals surface area contributed by atoms with Gasteiger partial charge in [0.1, 0.15) is 5.60 Å². The molecular weight excluding hydrogens is 587 g/mol. The number of aliphatic hydroxyl groups is 1. The highest BCUT2D eigenvalue weighted by Gasteiger charge is 2.53. The van der Waals surface area contributed by atoms with Gasteiger partial charge in [0.25, 0.3) is 8.32 Å². The van der Waals surface area contributed by atoms with Crippen LogP contribution in [-0.2, 0) is 18.4 Å². The van der Waals surface area contributed by atoms with Crippen molar-refractivity contribution in [1.82, 2.24) is 4.90 Å². The van der Waals surface area contributed by atoms with E-state index in [1.807, 2.05) is 36.4 Å². The van der Waals surface area contributed by atoms with Crippen molar-refractivity contribution in [1.29, 1.82) is 0 Å². The van der Waals surface area contributed by atoms with Crippen LogP contribution in [0.25, 0.3) is 0 Å². The molecular formula is C35H55NO6Si2. The Morgan fingerprint density at radius 1 is 0.864 bits per heavy atom. The van der Waals surface area contributed by atoms with Crippen molar-refractivity contribution in [3.05, 3.63) is 60.7 Å². The highest BCUT2D eigenvalue weighted by molar-refractivity contribution is 6.99. The SMILES string of the molecule is CC(C)(C)OC(=O)N1C(=O)C(C(O)CCO[Si](C)(C)C(C)(C)C)C[C@H]1CO[Si](c1ccccc1)(c1ccccc1)C(C)(C)C. The fourth-order valence-corrected chi connectivity index (χ4v) is 11.4. The summed E-state index contributed by atoms with van der Waals surface area (Å²) in [7, 11) is -4.94. The zero-order valence-electron chi connectivity index (χ0n) is 28.8. The van der Waals surface area contributed by atoms with Crippen LogP contribution in [0, 0.1) is 5.92 Å². The molecule has 1 saturated heterocycles. The van der Waals surface area contributed by atoms with Gasteiger partial charge in [0.05, 0.1) is 24.7 Å². The Balaban J connectivity index is 1.94. The molecule has 0 saturated carbocycles. The third-order valence-corrected chi connectivity index (χ3v) is 18.6. The number of hydrogen-bond donors (Lipinski definition) is 1. The van der Waals surface area contributed by atoms with Gasteiger partial charge >= 0.3 is 6.09 Å². The second-order valence-electron chi connectivity index (χ2n) is 15.6. The summed E-state index contributed by atoms with van der Waals surface area (Å²) >= 11 is 0. The predicted octanol–water partition coefficient (Wildman–Crippen LogP) is 6.49. The molecule has 1 heterocycles. The molecule has 7 nitrogen and oxygen atoms in total. The summed E-state index contributed by atoms with van der Waals surface area (Å²) in [4.78, 5) is 28.6. The van der Waals surface area contributed by atoms with E-state index in [2.05, 4.69) is 78.9 Å². The van der Waals surface area contributed by atoms with Crippen molar-refractivity contribution in [3.8, 4) is 0 Å². The van der Waals surface area contributed by atoms with Gasteiger partial charge in [-0.25, -0.2) is 9.69 Å². The van der Waals surface area contributed by atoms with Crippen molar-refractivity contribution in [2.75, 3.05) is 13.2 Å². The van der Waals surface area contributed by atoms with Crippen molar-refractivity contribution in [3.63, 3.8) is 0 Å². The van der Waals surface area contributed by atoms with E-state index in [1.54, 1.807) is 20.8 Å². The fraction of sp³-hybridized carbons (Fsp3) is 0.600. The largest absolute Gasteiger partial charge is 0.443 e. The fourth-order valence-electron chi connectivity index (χ4n) is 5.71. The highest BCUT2D eigenvalue weighted by atomic mass is 28.4. The number of hydrogen-bond acceptors (Lipinski definition) is 6. The Bertz CT molecular complexity index is 1210. The molecule has 1 aliphatic heterocycles. The van der Waals surface area contributed by atoms with E-state index < -0.39 is 52.3 Å². The topological polar surface area (TPSA) is 85.3 Å². The zero-order chi connectivity index (χ0) is 33.1. The van der Waals surface area contributed by atoms with Crippen LogP contribution in [-0.4, -0.2) is 69.6 Å².